The minimum absolute atomic E-state index is 0.0577. The van der Waals surface area contributed by atoms with E-state index in [-0.39, 0.29) is 13.0 Å². The van der Waals surface area contributed by atoms with Crippen molar-refractivity contribution in [2.24, 2.45) is 10.1 Å². The molecule has 0 unspecified atom stereocenters. The Bertz CT molecular complexity index is 1360. The highest BCUT2D eigenvalue weighted by Gasteiger charge is 2.50. The summed E-state index contributed by atoms with van der Waals surface area (Å²) in [6, 6.07) is 21.5. The molecule has 3 aromatic carbocycles. The van der Waals surface area contributed by atoms with E-state index in [0.717, 1.165) is 5.56 Å². The van der Waals surface area contributed by atoms with Gasteiger partial charge in [0.05, 0.1) is 6.61 Å². The lowest BCUT2D eigenvalue weighted by Crippen LogP contribution is -2.55. The number of nitrogens with one attached hydrogen (secondary N) is 2. The first kappa shape index (κ1) is 27.9. The van der Waals surface area contributed by atoms with Gasteiger partial charge >= 0.3 is 0 Å². The van der Waals surface area contributed by atoms with Crippen LogP contribution < -0.4 is 15.6 Å². The molecule has 0 radical (unpaired) electrons. The van der Waals surface area contributed by atoms with Crippen molar-refractivity contribution in [1.82, 2.24) is 10.9 Å². The van der Waals surface area contributed by atoms with E-state index in [0.29, 0.717) is 53.1 Å². The Kier molecular flexibility index (Phi) is 9.40. The quantitative estimate of drug-likeness (QED) is 0.0958. The van der Waals surface area contributed by atoms with Gasteiger partial charge in [-0.3, -0.25) is 10.2 Å². The van der Waals surface area contributed by atoms with Gasteiger partial charge in [0.2, 0.25) is 5.90 Å². The van der Waals surface area contributed by atoms with Crippen LogP contribution >= 0.6 is 11.6 Å². The van der Waals surface area contributed by atoms with Crippen molar-refractivity contribution < 1.29 is 19.4 Å². The number of benzene rings is 3. The molecule has 10 nitrogen and oxygen atoms in total. The van der Waals surface area contributed by atoms with Crippen LogP contribution in [0.4, 0.5) is 5.69 Å². The van der Waals surface area contributed by atoms with Gasteiger partial charge in [-0.15, -0.1) is 0 Å². The third-order valence-electron chi connectivity index (χ3n) is 6.34. The van der Waals surface area contributed by atoms with Crippen LogP contribution in [0.2, 0.25) is 5.02 Å². The summed E-state index contributed by atoms with van der Waals surface area (Å²) in [4.78, 5) is 21.5. The maximum atomic E-state index is 13.7. The summed E-state index contributed by atoms with van der Waals surface area (Å²) in [7, 11) is 0. The van der Waals surface area contributed by atoms with Crippen molar-refractivity contribution in [3.63, 3.8) is 0 Å². The molecule has 0 spiro atoms. The number of ether oxygens (including phenoxy) is 2. The van der Waals surface area contributed by atoms with Gasteiger partial charge in [-0.1, -0.05) is 53.1 Å². The molecule has 202 valence electrons. The average molecular weight is 549 g/mol. The highest BCUT2D eigenvalue weighted by molar-refractivity contribution is 6.30. The smallest absolute Gasteiger partial charge is 0.266 e. The number of hydrogen-bond acceptors (Lipinski definition) is 7. The zero-order valence-corrected chi connectivity index (χ0v) is 22.1. The van der Waals surface area contributed by atoms with Gasteiger partial charge in [0, 0.05) is 47.2 Å². The first-order valence-electron chi connectivity index (χ1n) is 12.5. The first-order valence-corrected chi connectivity index (χ1v) is 12.8. The van der Waals surface area contributed by atoms with Crippen molar-refractivity contribution in [3.05, 3.63) is 105 Å². The largest absolute Gasteiger partial charge is 0.494 e. The van der Waals surface area contributed by atoms with Crippen LogP contribution in [0.15, 0.2) is 82.9 Å². The number of hydrazine groups is 1. The van der Waals surface area contributed by atoms with Crippen molar-refractivity contribution >= 4 is 29.1 Å². The number of halogens is 1. The summed E-state index contributed by atoms with van der Waals surface area (Å²) >= 11 is 5.97. The van der Waals surface area contributed by atoms with E-state index < -0.39 is 17.6 Å². The van der Waals surface area contributed by atoms with Gasteiger partial charge < -0.3 is 14.6 Å². The van der Waals surface area contributed by atoms with Crippen molar-refractivity contribution in [1.29, 1.82) is 0 Å². The Labute approximate surface area is 231 Å². The minimum Gasteiger partial charge on any atom is -0.494 e. The molecular weight excluding hydrogens is 520 g/mol. The van der Waals surface area contributed by atoms with E-state index in [1.54, 1.807) is 61.5 Å². The monoisotopic (exact) mass is 548 g/mol. The zero-order valence-electron chi connectivity index (χ0n) is 21.4. The van der Waals surface area contributed by atoms with Gasteiger partial charge in [-0.25, -0.2) is 10.4 Å². The fourth-order valence-corrected chi connectivity index (χ4v) is 4.30. The SMILES string of the molecule is C[C@@H]1OC(c2ccc(OCCCO)cc2)=N[C@]1(Cc1ccccc1N=[N+]=[N-])C(=O)NNCc1ccc(Cl)cc1. The molecule has 0 saturated carbocycles. The summed E-state index contributed by atoms with van der Waals surface area (Å²) in [5.41, 5.74) is 16.1. The normalized spacial score (nSPS) is 18.0. The fraction of sp³-hybridized carbons (Fsp3) is 0.286. The predicted molar refractivity (Wildman–Crippen MR) is 149 cm³/mol. The third kappa shape index (κ3) is 6.87. The molecule has 1 heterocycles. The number of aliphatic hydroxyl groups excluding tert-OH is 1. The molecular formula is C28H29ClN6O4. The fourth-order valence-electron chi connectivity index (χ4n) is 4.18. The van der Waals surface area contributed by atoms with Gasteiger partial charge in [0.15, 0.2) is 5.54 Å². The molecule has 3 aromatic rings. The highest BCUT2D eigenvalue weighted by Crippen LogP contribution is 2.35. The Morgan fingerprint density at radius 3 is 2.64 bits per heavy atom. The predicted octanol–water partition coefficient (Wildman–Crippen LogP) is 5.01. The van der Waals surface area contributed by atoms with Crippen LogP contribution in [0.5, 0.6) is 5.75 Å². The standard InChI is InChI=1S/C28H29ClN6O4/c1-19-28(17-22-5-2-3-6-25(22)33-35-30,27(37)34-31-18-20-7-11-23(29)12-8-20)32-26(39-19)21-9-13-24(14-10-21)38-16-4-15-36/h2-3,5-14,19,31,36H,4,15-18H2,1H3,(H,34,37)/t19-,28-/m0/s1. The number of aliphatic imine (C=N–C) groups is 1. The lowest BCUT2D eigenvalue weighted by molar-refractivity contribution is -0.129. The molecule has 1 amide bonds. The van der Waals surface area contributed by atoms with E-state index in [1.807, 2.05) is 18.2 Å². The van der Waals surface area contributed by atoms with E-state index in [4.69, 9.17) is 36.7 Å². The second-order valence-electron chi connectivity index (χ2n) is 8.98. The maximum absolute atomic E-state index is 13.7. The Morgan fingerprint density at radius 2 is 1.92 bits per heavy atom. The van der Waals surface area contributed by atoms with Crippen molar-refractivity contribution in [2.45, 2.75) is 38.0 Å². The molecule has 39 heavy (non-hydrogen) atoms. The second kappa shape index (κ2) is 13.1. The first-order chi connectivity index (χ1) is 18.9. The van der Waals surface area contributed by atoms with Crippen LogP contribution in [-0.2, 0) is 22.5 Å². The zero-order chi connectivity index (χ0) is 27.7. The van der Waals surface area contributed by atoms with Crippen LogP contribution in [0, 0.1) is 0 Å². The van der Waals surface area contributed by atoms with E-state index in [9.17, 15) is 4.79 Å². The number of rotatable bonds is 12. The summed E-state index contributed by atoms with van der Waals surface area (Å²) in [6.07, 6.45) is 0.0455. The lowest BCUT2D eigenvalue weighted by atomic mass is 9.85. The van der Waals surface area contributed by atoms with E-state index >= 15 is 0 Å². The Morgan fingerprint density at radius 1 is 1.18 bits per heavy atom. The van der Waals surface area contributed by atoms with Gasteiger partial charge in [0.1, 0.15) is 11.9 Å². The Balaban J connectivity index is 1.60. The van der Waals surface area contributed by atoms with Crippen molar-refractivity contribution in [2.75, 3.05) is 13.2 Å². The lowest BCUT2D eigenvalue weighted by Gasteiger charge is -2.28. The molecule has 3 N–H and O–H groups in total. The molecule has 11 heteroatoms. The number of aliphatic hydroxyl groups is 1. The number of hydrogen-bond donors (Lipinski definition) is 3. The molecule has 1 aliphatic heterocycles. The molecule has 0 saturated heterocycles. The molecule has 0 aromatic heterocycles. The molecule has 4 rings (SSSR count). The van der Waals surface area contributed by atoms with E-state index in [1.165, 1.54) is 0 Å². The number of carbonyl (C=O) groups is 1. The number of carbonyl (C=O) groups excluding carboxylic acids is 1. The third-order valence-corrected chi connectivity index (χ3v) is 6.59. The number of nitrogens with zero attached hydrogens (tertiary/aromatic N) is 4. The molecule has 0 fully saturated rings. The summed E-state index contributed by atoms with van der Waals surface area (Å²) in [6.45, 7) is 2.62. The number of azide groups is 1. The topological polar surface area (TPSA) is 141 Å². The minimum atomic E-state index is -1.35. The van der Waals surface area contributed by atoms with Crippen molar-refractivity contribution in [3.8, 4) is 5.75 Å². The Hall–Kier alpha value is -4.08. The highest BCUT2D eigenvalue weighted by atomic mass is 35.5. The molecule has 0 aliphatic carbocycles. The summed E-state index contributed by atoms with van der Waals surface area (Å²) in [5.74, 6) is 0.578. The van der Waals surface area contributed by atoms with Gasteiger partial charge in [-0.05, 0) is 60.0 Å². The molecule has 2 atom stereocenters. The maximum Gasteiger partial charge on any atom is 0.266 e. The van der Waals surface area contributed by atoms with Gasteiger partial charge in [0.25, 0.3) is 5.91 Å². The summed E-state index contributed by atoms with van der Waals surface area (Å²) < 4.78 is 11.7. The number of amides is 1. The van der Waals surface area contributed by atoms with Crippen LogP contribution in [-0.4, -0.2) is 41.8 Å². The second-order valence-corrected chi connectivity index (χ2v) is 9.42. The molecule has 0 bridgehead atoms. The van der Waals surface area contributed by atoms with E-state index in [2.05, 4.69) is 20.9 Å². The molecule has 1 aliphatic rings. The average Bonchev–Trinajstić information content (AvgIpc) is 3.28. The van der Waals surface area contributed by atoms with Crippen LogP contribution in [0.3, 0.4) is 0 Å². The summed E-state index contributed by atoms with van der Waals surface area (Å²) in [5, 5.41) is 13.4. The van der Waals surface area contributed by atoms with Crippen LogP contribution in [0.1, 0.15) is 30.0 Å². The van der Waals surface area contributed by atoms with Crippen LogP contribution in [0.25, 0.3) is 10.4 Å². The van der Waals surface area contributed by atoms with Gasteiger partial charge in [-0.2, -0.15) is 0 Å².